The van der Waals surface area contributed by atoms with Crippen LogP contribution in [0.1, 0.15) is 33.9 Å². The molecule has 0 radical (unpaired) electrons. The van der Waals surface area contributed by atoms with E-state index in [1.807, 2.05) is 24.3 Å². The van der Waals surface area contributed by atoms with Crippen LogP contribution in [-0.4, -0.2) is 40.5 Å². The summed E-state index contributed by atoms with van der Waals surface area (Å²) in [6.07, 6.45) is 1.54. The number of amides is 3. The number of aliphatic carboxylic acids is 1. The van der Waals surface area contributed by atoms with Gasteiger partial charge in [0.15, 0.2) is 0 Å². The summed E-state index contributed by atoms with van der Waals surface area (Å²) in [5.41, 5.74) is 1.16. The second-order valence-electron chi connectivity index (χ2n) is 7.02. The third-order valence-electron chi connectivity index (χ3n) is 5.00. The van der Waals surface area contributed by atoms with E-state index in [9.17, 15) is 29.6 Å². The number of carboxylic acid groups (broad SMARTS) is 1. The van der Waals surface area contributed by atoms with Gasteiger partial charge in [0, 0.05) is 6.07 Å². The second-order valence-corrected chi connectivity index (χ2v) is 7.81. The lowest BCUT2D eigenvalue weighted by Gasteiger charge is -2.18. The highest BCUT2D eigenvalue weighted by Crippen LogP contribution is 2.33. The molecule has 4 N–H and O–H groups in total. The number of aryl methyl sites for hydroxylation is 1. The van der Waals surface area contributed by atoms with Crippen molar-refractivity contribution in [1.82, 2.24) is 16.0 Å². The molecule has 0 aromatic heterocycles. The number of carbonyl (C=O) groups is 3. The average molecular weight is 481 g/mol. The van der Waals surface area contributed by atoms with Crippen LogP contribution in [-0.2, 0) is 11.2 Å². The predicted octanol–water partition coefficient (Wildman–Crippen LogP) is 3.07. The van der Waals surface area contributed by atoms with E-state index in [0.717, 1.165) is 36.1 Å². The fourth-order valence-electron chi connectivity index (χ4n) is 3.43. The van der Waals surface area contributed by atoms with Crippen molar-refractivity contribution in [3.8, 4) is 0 Å². The molecule has 1 unspecified atom stereocenters. The van der Waals surface area contributed by atoms with E-state index in [1.165, 1.54) is 0 Å². The largest absolute Gasteiger partial charge is 0.480 e. The smallest absolute Gasteiger partial charge is 0.328 e. The van der Waals surface area contributed by atoms with Crippen molar-refractivity contribution in [2.45, 2.75) is 24.9 Å². The van der Waals surface area contributed by atoms with Gasteiger partial charge in [0.2, 0.25) is 0 Å². The van der Waals surface area contributed by atoms with Crippen LogP contribution < -0.4 is 16.0 Å². The van der Waals surface area contributed by atoms with Gasteiger partial charge in [-0.25, -0.2) is 9.59 Å². The molecule has 1 aliphatic carbocycles. The number of nitrogens with zero attached hydrogens (tertiary/aromatic N) is 1. The van der Waals surface area contributed by atoms with Gasteiger partial charge in [-0.2, -0.15) is 0 Å². The Morgan fingerprint density at radius 2 is 1.91 bits per heavy atom. The fourth-order valence-corrected chi connectivity index (χ4v) is 4.04. The molecule has 3 rings (SSSR count). The molecular formula is C20H18Cl2N4O6. The van der Waals surface area contributed by atoms with Crippen molar-refractivity contribution in [1.29, 1.82) is 0 Å². The van der Waals surface area contributed by atoms with Crippen LogP contribution in [0.5, 0.6) is 0 Å². The monoisotopic (exact) mass is 480 g/mol. The van der Waals surface area contributed by atoms with Gasteiger partial charge in [-0.1, -0.05) is 47.5 Å². The van der Waals surface area contributed by atoms with Crippen molar-refractivity contribution in [2.24, 2.45) is 0 Å². The summed E-state index contributed by atoms with van der Waals surface area (Å²) in [5, 5.41) is 27.1. The molecule has 2 aromatic rings. The van der Waals surface area contributed by atoms with Gasteiger partial charge in [0.25, 0.3) is 11.6 Å². The van der Waals surface area contributed by atoms with Crippen molar-refractivity contribution >= 4 is 46.8 Å². The minimum absolute atomic E-state index is 0.187. The predicted molar refractivity (Wildman–Crippen MR) is 116 cm³/mol. The molecule has 0 aliphatic heterocycles. The van der Waals surface area contributed by atoms with Gasteiger partial charge in [-0.3, -0.25) is 14.9 Å². The Hall–Kier alpha value is -3.37. The number of fused-ring (bicyclic) bond motifs is 1. The molecular weight excluding hydrogens is 463 g/mol. The number of halogens is 2. The second kappa shape index (κ2) is 9.84. The molecule has 0 bridgehead atoms. The number of nitrogens with one attached hydrogen (secondary N) is 3. The number of hydrogen-bond donors (Lipinski definition) is 4. The average Bonchev–Trinajstić information content (AvgIpc) is 3.13. The van der Waals surface area contributed by atoms with Crippen LogP contribution in [0.3, 0.4) is 0 Å². The normalized spacial score (nSPS) is 15.4. The zero-order valence-corrected chi connectivity index (χ0v) is 17.9. The third-order valence-corrected chi connectivity index (χ3v) is 5.70. The molecule has 0 heterocycles. The molecule has 0 saturated carbocycles. The molecule has 10 nitrogen and oxygen atoms in total. The lowest BCUT2D eigenvalue weighted by molar-refractivity contribution is -0.384. The zero-order chi connectivity index (χ0) is 23.4. The Balaban J connectivity index is 1.64. The molecule has 3 amide bonds. The summed E-state index contributed by atoms with van der Waals surface area (Å²) in [5.74, 6) is -2.45. The Labute approximate surface area is 192 Å². The number of hydrogen-bond acceptors (Lipinski definition) is 5. The number of benzene rings is 2. The fraction of sp³-hybridized carbons (Fsp3) is 0.250. The molecule has 1 aliphatic rings. The summed E-state index contributed by atoms with van der Waals surface area (Å²) < 4.78 is 0. The van der Waals surface area contributed by atoms with Crippen molar-refractivity contribution in [3.05, 3.63) is 73.2 Å². The molecule has 0 fully saturated rings. The lowest BCUT2D eigenvalue weighted by atomic mass is 10.1. The van der Waals surface area contributed by atoms with Crippen molar-refractivity contribution in [2.75, 3.05) is 6.54 Å². The highest BCUT2D eigenvalue weighted by Gasteiger charge is 2.28. The van der Waals surface area contributed by atoms with E-state index in [2.05, 4.69) is 16.0 Å². The number of nitro benzene ring substituents is 1. The van der Waals surface area contributed by atoms with E-state index in [0.29, 0.717) is 0 Å². The van der Waals surface area contributed by atoms with E-state index in [-0.39, 0.29) is 11.1 Å². The summed E-state index contributed by atoms with van der Waals surface area (Å²) >= 11 is 11.8. The van der Waals surface area contributed by atoms with Gasteiger partial charge in [-0.05, 0) is 30.0 Å². The molecule has 0 saturated heterocycles. The van der Waals surface area contributed by atoms with E-state index in [1.54, 1.807) is 0 Å². The third kappa shape index (κ3) is 5.09. The van der Waals surface area contributed by atoms with Crippen LogP contribution in [0.2, 0.25) is 10.0 Å². The molecule has 32 heavy (non-hydrogen) atoms. The topological polar surface area (TPSA) is 151 Å². The first kappa shape index (κ1) is 23.3. The number of rotatable bonds is 7. The minimum Gasteiger partial charge on any atom is -0.480 e. The number of urea groups is 1. The maximum Gasteiger partial charge on any atom is 0.328 e. The first-order valence-corrected chi connectivity index (χ1v) is 10.2. The summed E-state index contributed by atoms with van der Waals surface area (Å²) in [4.78, 5) is 46.6. The number of carboxylic acids is 1. The minimum atomic E-state index is -1.53. The first-order chi connectivity index (χ1) is 15.2. The van der Waals surface area contributed by atoms with E-state index < -0.39 is 51.7 Å². The van der Waals surface area contributed by atoms with Crippen LogP contribution in [0.15, 0.2) is 36.4 Å². The summed E-state index contributed by atoms with van der Waals surface area (Å²) in [7, 11) is 0. The number of nitro groups is 1. The quantitative estimate of drug-likeness (QED) is 0.353. The Kier molecular flexibility index (Phi) is 7.16. The van der Waals surface area contributed by atoms with Crippen LogP contribution in [0, 0.1) is 10.1 Å². The Morgan fingerprint density at radius 3 is 2.59 bits per heavy atom. The van der Waals surface area contributed by atoms with Crippen LogP contribution in [0.4, 0.5) is 10.5 Å². The SMILES string of the molecule is O=C(NCC(NC(=O)c1c(Cl)ccc([N+](=O)[O-])c1Cl)C(=O)O)N[C@@H]1CCc2ccccc21. The van der Waals surface area contributed by atoms with E-state index in [4.69, 9.17) is 23.2 Å². The van der Waals surface area contributed by atoms with Gasteiger partial charge >= 0.3 is 12.0 Å². The lowest BCUT2D eigenvalue weighted by Crippen LogP contribution is -2.50. The maximum atomic E-state index is 12.5. The standard InChI is InChI=1S/C20H18Cl2N4O6/c21-12-6-8-15(26(31)32)17(22)16(12)18(27)24-14(19(28)29)9-23-20(30)25-13-7-5-10-3-1-2-4-11(10)13/h1-4,6,8,13-14H,5,7,9H2,(H,24,27)(H,28,29)(H2,23,25,30)/t13-,14?/m1/s1. The van der Waals surface area contributed by atoms with E-state index >= 15 is 0 Å². The molecule has 0 spiro atoms. The molecule has 168 valence electrons. The first-order valence-electron chi connectivity index (χ1n) is 9.47. The zero-order valence-electron chi connectivity index (χ0n) is 16.4. The van der Waals surface area contributed by atoms with Crippen molar-refractivity contribution in [3.63, 3.8) is 0 Å². The Bertz CT molecular complexity index is 1090. The molecule has 2 aromatic carbocycles. The van der Waals surface area contributed by atoms with Gasteiger partial charge in [0.1, 0.15) is 11.1 Å². The maximum absolute atomic E-state index is 12.5. The molecule has 2 atom stereocenters. The summed E-state index contributed by atoms with van der Waals surface area (Å²) in [6.45, 7) is -0.439. The van der Waals surface area contributed by atoms with Gasteiger partial charge in [-0.15, -0.1) is 0 Å². The van der Waals surface area contributed by atoms with Crippen LogP contribution >= 0.6 is 23.2 Å². The van der Waals surface area contributed by atoms with Gasteiger partial charge in [0.05, 0.1) is 28.1 Å². The van der Waals surface area contributed by atoms with Crippen LogP contribution in [0.25, 0.3) is 0 Å². The number of carbonyl (C=O) groups excluding carboxylic acids is 2. The van der Waals surface area contributed by atoms with Gasteiger partial charge < -0.3 is 21.1 Å². The highest BCUT2D eigenvalue weighted by molar-refractivity contribution is 6.41. The highest BCUT2D eigenvalue weighted by atomic mass is 35.5. The van der Waals surface area contributed by atoms with Crippen molar-refractivity contribution < 1.29 is 24.4 Å². The molecule has 12 heteroatoms. The summed E-state index contributed by atoms with van der Waals surface area (Å²) in [6, 6.07) is 7.50. The Morgan fingerprint density at radius 1 is 1.19 bits per heavy atom.